The van der Waals surface area contributed by atoms with Crippen LogP contribution < -0.4 is 0 Å². The van der Waals surface area contributed by atoms with Gasteiger partial charge in [0.05, 0.1) is 0 Å². The second kappa shape index (κ2) is 26.6. The van der Waals surface area contributed by atoms with Crippen molar-refractivity contribution in [1.82, 2.24) is 0 Å². The molecule has 0 aliphatic heterocycles. The molecular formula is Ge2Nb3. The van der Waals surface area contributed by atoms with Crippen LogP contribution in [-0.4, -0.2) is 35.2 Å². The summed E-state index contributed by atoms with van der Waals surface area (Å²) in [7, 11) is 0. The quantitative estimate of drug-likeness (QED) is 0.449. The minimum absolute atomic E-state index is 0. The molecule has 0 amide bonds. The van der Waals surface area contributed by atoms with Crippen LogP contribution in [0.15, 0.2) is 0 Å². The molecule has 0 rings (SSSR count). The summed E-state index contributed by atoms with van der Waals surface area (Å²) in [5.74, 6) is 0. The van der Waals surface area contributed by atoms with E-state index in [1.165, 1.54) is 0 Å². The average molecular weight is 424 g/mol. The molecule has 0 bridgehead atoms. The molecule has 0 aliphatic carbocycles. The summed E-state index contributed by atoms with van der Waals surface area (Å²) in [6.45, 7) is 0. The smallest absolute Gasteiger partial charge is 0 e. The Balaban J connectivity index is 0. The zero-order valence-electron chi connectivity index (χ0n) is 2.34. The van der Waals surface area contributed by atoms with Gasteiger partial charge in [-0.2, -0.15) is 0 Å². The molecule has 0 unspecified atom stereocenters. The molecule has 0 saturated carbocycles. The Bertz CT molecular complexity index is 4.85. The van der Waals surface area contributed by atoms with Crippen LogP contribution in [0.4, 0.5) is 0 Å². The van der Waals surface area contributed by atoms with Gasteiger partial charge in [0.15, 0.2) is 0 Å². The summed E-state index contributed by atoms with van der Waals surface area (Å²) in [6, 6.07) is 0. The Morgan fingerprint density at radius 1 is 0.400 bits per heavy atom. The Labute approximate surface area is 100 Å². The van der Waals surface area contributed by atoms with E-state index in [2.05, 4.69) is 0 Å². The predicted octanol–water partition coefficient (Wildman–Crippen LogP) is -0.769. The molecule has 11 radical (unpaired) electrons. The van der Waals surface area contributed by atoms with Crippen molar-refractivity contribution in [2.24, 2.45) is 0 Å². The first kappa shape index (κ1) is 40.6. The molecular weight excluding hydrogens is 424 g/mol. The molecule has 0 aromatic heterocycles. The topological polar surface area (TPSA) is 0 Å². The van der Waals surface area contributed by atoms with Gasteiger partial charge < -0.3 is 0 Å². The van der Waals surface area contributed by atoms with E-state index in [1.54, 1.807) is 0 Å². The fraction of sp³-hybridized carbons (Fsp3) is 0. The first-order chi connectivity index (χ1) is 0. The van der Waals surface area contributed by atoms with Crippen molar-refractivity contribution in [2.75, 3.05) is 0 Å². The van der Waals surface area contributed by atoms with Gasteiger partial charge in [-0.15, -0.1) is 0 Å². The summed E-state index contributed by atoms with van der Waals surface area (Å²) in [5.41, 5.74) is 0. The van der Waals surface area contributed by atoms with Gasteiger partial charge >= 0.3 is 0 Å². The van der Waals surface area contributed by atoms with Gasteiger partial charge in [-0.1, -0.05) is 0 Å². The van der Waals surface area contributed by atoms with E-state index >= 15 is 0 Å². The second-order valence-corrected chi connectivity index (χ2v) is 0. The Morgan fingerprint density at radius 2 is 0.400 bits per heavy atom. The largest absolute Gasteiger partial charge is 0 e. The fourth-order valence-corrected chi connectivity index (χ4v) is 0. The van der Waals surface area contributed by atoms with Crippen LogP contribution in [0.2, 0.25) is 0 Å². The summed E-state index contributed by atoms with van der Waals surface area (Å²) >= 11 is 0. The molecule has 0 aromatic rings. The van der Waals surface area contributed by atoms with Crippen LogP contribution in [0.1, 0.15) is 0 Å². The van der Waals surface area contributed by atoms with Crippen molar-refractivity contribution in [3.8, 4) is 0 Å². The molecule has 0 atom stereocenters. The number of rotatable bonds is 0. The maximum atomic E-state index is 0. The summed E-state index contributed by atoms with van der Waals surface area (Å²) in [4.78, 5) is 0. The Morgan fingerprint density at radius 3 is 0.400 bits per heavy atom. The zero-order valence-corrected chi connectivity index (χ0v) is 13.1. The third-order valence-corrected chi connectivity index (χ3v) is 0. The van der Waals surface area contributed by atoms with E-state index in [0.717, 1.165) is 0 Å². The molecule has 0 fully saturated rings. The third-order valence-electron chi connectivity index (χ3n) is 0. The second-order valence-electron chi connectivity index (χ2n) is 0. The number of hydrogen-bond acceptors (Lipinski definition) is 0. The molecule has 23 valence electrons. The molecule has 0 aromatic carbocycles. The zero-order chi connectivity index (χ0) is 0. The van der Waals surface area contributed by atoms with E-state index in [1.807, 2.05) is 0 Å². The maximum absolute atomic E-state index is 0. The standard InChI is InChI=1S/2Ge.3Nb. The summed E-state index contributed by atoms with van der Waals surface area (Å²) < 4.78 is 0. The van der Waals surface area contributed by atoms with E-state index in [-0.39, 0.29) is 102 Å². The normalized spacial score (nSPS) is 0. The van der Waals surface area contributed by atoms with Crippen molar-refractivity contribution in [3.05, 3.63) is 0 Å². The summed E-state index contributed by atoms with van der Waals surface area (Å²) in [5, 5.41) is 0. The van der Waals surface area contributed by atoms with E-state index in [4.69, 9.17) is 0 Å². The minimum atomic E-state index is 0. The van der Waals surface area contributed by atoms with Crippen LogP contribution in [0.3, 0.4) is 0 Å². The van der Waals surface area contributed by atoms with Crippen molar-refractivity contribution >= 4 is 35.2 Å². The van der Waals surface area contributed by atoms with E-state index in [9.17, 15) is 0 Å². The molecule has 0 spiro atoms. The van der Waals surface area contributed by atoms with Gasteiger partial charge in [0.25, 0.3) is 0 Å². The van der Waals surface area contributed by atoms with Crippen LogP contribution in [0.25, 0.3) is 0 Å². The minimum Gasteiger partial charge on any atom is 0 e. The number of hydrogen-bond donors (Lipinski definition) is 0. The first-order valence-corrected chi connectivity index (χ1v) is 0. The van der Waals surface area contributed by atoms with Crippen molar-refractivity contribution in [3.63, 3.8) is 0 Å². The van der Waals surface area contributed by atoms with Gasteiger partial charge in [0.1, 0.15) is 0 Å². The summed E-state index contributed by atoms with van der Waals surface area (Å²) in [6.07, 6.45) is 0. The molecule has 0 heterocycles. The van der Waals surface area contributed by atoms with Crippen molar-refractivity contribution in [1.29, 1.82) is 0 Å². The van der Waals surface area contributed by atoms with Gasteiger partial charge in [-0.25, -0.2) is 0 Å². The molecule has 0 aliphatic rings. The van der Waals surface area contributed by atoms with E-state index in [0.29, 0.717) is 0 Å². The van der Waals surface area contributed by atoms with Crippen LogP contribution in [0.5, 0.6) is 0 Å². The Hall–Kier alpha value is 3.31. The maximum Gasteiger partial charge on any atom is 0 e. The predicted molar refractivity (Wildman–Crippen MR) is 11.5 cm³/mol. The van der Waals surface area contributed by atoms with Crippen molar-refractivity contribution < 1.29 is 67.1 Å². The van der Waals surface area contributed by atoms with E-state index < -0.39 is 0 Å². The van der Waals surface area contributed by atoms with Gasteiger partial charge in [-0.05, 0) is 0 Å². The SMILES string of the molecule is [Ge].[Ge].[Nb].[Nb].[Nb]. The monoisotopic (exact) mass is 427 g/mol. The van der Waals surface area contributed by atoms with Crippen LogP contribution >= 0.6 is 0 Å². The van der Waals surface area contributed by atoms with Gasteiger partial charge in [-0.3, -0.25) is 0 Å². The average Bonchev–Trinajstić information content (AvgIpc) is 0. The Kier molecular flexibility index (Phi) is 216. The molecule has 0 nitrogen and oxygen atoms in total. The van der Waals surface area contributed by atoms with Crippen LogP contribution in [-0.2, 0) is 67.1 Å². The van der Waals surface area contributed by atoms with Crippen molar-refractivity contribution in [2.45, 2.75) is 0 Å². The van der Waals surface area contributed by atoms with Gasteiger partial charge in [0.2, 0.25) is 0 Å². The van der Waals surface area contributed by atoms with Crippen LogP contribution in [0, 0.1) is 0 Å². The van der Waals surface area contributed by atoms with Gasteiger partial charge in [0, 0.05) is 102 Å². The molecule has 0 saturated heterocycles. The third kappa shape index (κ3) is 18.8. The molecule has 5 heteroatoms. The molecule has 5 heavy (non-hydrogen) atoms. The first-order valence-electron chi connectivity index (χ1n) is 0. The fourth-order valence-electron chi connectivity index (χ4n) is 0. The molecule has 0 N–H and O–H groups in total.